The Hall–Kier alpha value is -1.10. The Bertz CT molecular complexity index is 253. The van der Waals surface area contributed by atoms with Crippen molar-refractivity contribution in [3.05, 3.63) is 0 Å². The molecule has 2 atom stereocenters. The summed E-state index contributed by atoms with van der Waals surface area (Å²) in [6.07, 6.45) is 0.960. The Morgan fingerprint density at radius 1 is 1.69 bits per heavy atom. The number of amides is 1. The minimum Gasteiger partial charge on any atom is -0.467 e. The van der Waals surface area contributed by atoms with Gasteiger partial charge in [0.1, 0.15) is 6.23 Å². The number of carbonyl (C=O) groups is 2. The third kappa shape index (κ3) is 1.19. The molecule has 2 rings (SSSR count). The average molecular weight is 185 g/mol. The summed E-state index contributed by atoms with van der Waals surface area (Å²) < 4.78 is 9.86. The van der Waals surface area contributed by atoms with Gasteiger partial charge in [-0.25, -0.2) is 4.79 Å². The van der Waals surface area contributed by atoms with Gasteiger partial charge in [0.15, 0.2) is 6.04 Å². The summed E-state index contributed by atoms with van der Waals surface area (Å²) in [5, 5.41) is 0. The molecular formula is C8H11NO4. The Morgan fingerprint density at radius 3 is 3.15 bits per heavy atom. The van der Waals surface area contributed by atoms with Crippen molar-refractivity contribution in [2.24, 2.45) is 0 Å². The van der Waals surface area contributed by atoms with Crippen molar-refractivity contribution in [1.82, 2.24) is 4.90 Å². The lowest BCUT2D eigenvalue weighted by molar-refractivity contribution is -0.150. The van der Waals surface area contributed by atoms with Gasteiger partial charge in [-0.1, -0.05) is 0 Å². The van der Waals surface area contributed by atoms with E-state index in [0.29, 0.717) is 12.8 Å². The molecule has 72 valence electrons. The van der Waals surface area contributed by atoms with Crippen molar-refractivity contribution < 1.29 is 19.1 Å². The van der Waals surface area contributed by atoms with Crippen molar-refractivity contribution in [3.8, 4) is 0 Å². The molecule has 2 heterocycles. The van der Waals surface area contributed by atoms with Crippen LogP contribution < -0.4 is 0 Å². The zero-order valence-corrected chi connectivity index (χ0v) is 7.36. The first-order valence-electron chi connectivity index (χ1n) is 4.24. The summed E-state index contributed by atoms with van der Waals surface area (Å²) in [7, 11) is 1.32. The molecule has 2 aliphatic rings. The molecule has 0 bridgehead atoms. The summed E-state index contributed by atoms with van der Waals surface area (Å²) in [6, 6.07) is -0.523. The molecule has 0 aromatic carbocycles. The fourth-order valence-electron chi connectivity index (χ4n) is 1.81. The molecule has 0 aromatic heterocycles. The van der Waals surface area contributed by atoms with E-state index in [1.54, 1.807) is 0 Å². The highest BCUT2D eigenvalue weighted by molar-refractivity contribution is 5.86. The van der Waals surface area contributed by atoms with Crippen molar-refractivity contribution >= 4 is 11.9 Å². The lowest BCUT2D eigenvalue weighted by Crippen LogP contribution is -2.42. The maximum absolute atomic E-state index is 11.3. The SMILES string of the molecule is COC(=O)[C@@H]1CO[C@H]2CCC(=O)N21. The maximum Gasteiger partial charge on any atom is 0.331 e. The predicted octanol–water partition coefficient (Wildman–Crippen LogP) is -0.493. The normalized spacial score (nSPS) is 32.1. The first-order chi connectivity index (χ1) is 6.24. The summed E-state index contributed by atoms with van der Waals surface area (Å²) in [4.78, 5) is 24.0. The van der Waals surface area contributed by atoms with Crippen LogP contribution in [0.5, 0.6) is 0 Å². The topological polar surface area (TPSA) is 55.8 Å². The highest BCUT2D eigenvalue weighted by atomic mass is 16.5. The Morgan fingerprint density at radius 2 is 2.46 bits per heavy atom. The summed E-state index contributed by atoms with van der Waals surface area (Å²) in [6.45, 7) is 0.267. The second-order valence-corrected chi connectivity index (χ2v) is 3.17. The van der Waals surface area contributed by atoms with E-state index in [9.17, 15) is 9.59 Å². The number of esters is 1. The highest BCUT2D eigenvalue weighted by Gasteiger charge is 2.46. The molecule has 5 nitrogen and oxygen atoms in total. The quantitative estimate of drug-likeness (QED) is 0.517. The fourth-order valence-corrected chi connectivity index (χ4v) is 1.81. The van der Waals surface area contributed by atoms with Gasteiger partial charge in [-0.15, -0.1) is 0 Å². The predicted molar refractivity (Wildman–Crippen MR) is 41.6 cm³/mol. The minimum absolute atomic E-state index is 0.0158. The summed E-state index contributed by atoms with van der Waals surface area (Å²) in [5.74, 6) is -0.407. The number of nitrogens with zero attached hydrogens (tertiary/aromatic N) is 1. The zero-order chi connectivity index (χ0) is 9.42. The van der Waals surface area contributed by atoms with Crippen LogP contribution >= 0.6 is 0 Å². The third-order valence-corrected chi connectivity index (χ3v) is 2.46. The third-order valence-electron chi connectivity index (χ3n) is 2.46. The fraction of sp³-hybridized carbons (Fsp3) is 0.750. The van der Waals surface area contributed by atoms with E-state index in [2.05, 4.69) is 4.74 Å². The number of hydrogen-bond donors (Lipinski definition) is 0. The van der Waals surface area contributed by atoms with E-state index in [1.807, 2.05) is 0 Å². The molecule has 0 saturated carbocycles. The molecule has 2 fully saturated rings. The molecule has 2 saturated heterocycles. The van der Waals surface area contributed by atoms with E-state index in [4.69, 9.17) is 4.74 Å². The Labute approximate surface area is 75.6 Å². The standard InChI is InChI=1S/C8H11NO4/c1-12-8(11)5-4-13-7-3-2-6(10)9(5)7/h5,7H,2-4H2,1H3/t5-,7-/m0/s1. The molecule has 0 spiro atoms. The van der Waals surface area contributed by atoms with E-state index < -0.39 is 12.0 Å². The minimum atomic E-state index is -0.523. The van der Waals surface area contributed by atoms with Crippen molar-refractivity contribution in [2.45, 2.75) is 25.1 Å². The van der Waals surface area contributed by atoms with E-state index in [1.165, 1.54) is 12.0 Å². The first kappa shape index (κ1) is 8.50. The van der Waals surface area contributed by atoms with Crippen LogP contribution in [0.3, 0.4) is 0 Å². The molecular weight excluding hydrogens is 174 g/mol. The second-order valence-electron chi connectivity index (χ2n) is 3.17. The largest absolute Gasteiger partial charge is 0.467 e. The molecule has 13 heavy (non-hydrogen) atoms. The van der Waals surface area contributed by atoms with Crippen LogP contribution in [0.2, 0.25) is 0 Å². The molecule has 0 radical (unpaired) electrons. The van der Waals surface area contributed by atoms with Gasteiger partial charge in [-0.2, -0.15) is 0 Å². The second kappa shape index (κ2) is 2.99. The highest BCUT2D eigenvalue weighted by Crippen LogP contribution is 2.28. The Kier molecular flexibility index (Phi) is 1.95. The molecule has 0 aliphatic carbocycles. The molecule has 0 aromatic rings. The average Bonchev–Trinajstić information content (AvgIpc) is 2.68. The van der Waals surface area contributed by atoms with Crippen molar-refractivity contribution in [1.29, 1.82) is 0 Å². The molecule has 0 unspecified atom stereocenters. The van der Waals surface area contributed by atoms with Crippen LogP contribution in [-0.2, 0) is 19.1 Å². The van der Waals surface area contributed by atoms with E-state index in [0.717, 1.165) is 0 Å². The van der Waals surface area contributed by atoms with Crippen molar-refractivity contribution in [3.63, 3.8) is 0 Å². The number of rotatable bonds is 1. The number of carbonyl (C=O) groups excluding carboxylic acids is 2. The van der Waals surface area contributed by atoms with Gasteiger partial charge >= 0.3 is 5.97 Å². The smallest absolute Gasteiger partial charge is 0.331 e. The lowest BCUT2D eigenvalue weighted by atomic mass is 10.3. The summed E-state index contributed by atoms with van der Waals surface area (Å²) in [5.41, 5.74) is 0. The van der Waals surface area contributed by atoms with Gasteiger partial charge in [0, 0.05) is 12.8 Å². The monoisotopic (exact) mass is 185 g/mol. The van der Waals surface area contributed by atoms with E-state index >= 15 is 0 Å². The van der Waals surface area contributed by atoms with E-state index in [-0.39, 0.29) is 18.7 Å². The van der Waals surface area contributed by atoms with Crippen LogP contribution in [0.25, 0.3) is 0 Å². The molecule has 2 aliphatic heterocycles. The lowest BCUT2D eigenvalue weighted by Gasteiger charge is -2.19. The van der Waals surface area contributed by atoms with Gasteiger partial charge in [-0.3, -0.25) is 4.79 Å². The molecule has 0 N–H and O–H groups in total. The van der Waals surface area contributed by atoms with Crippen LogP contribution in [0.1, 0.15) is 12.8 Å². The van der Waals surface area contributed by atoms with Gasteiger partial charge in [0.2, 0.25) is 5.91 Å². The van der Waals surface area contributed by atoms with Gasteiger partial charge < -0.3 is 14.4 Å². The number of hydrogen-bond acceptors (Lipinski definition) is 4. The van der Waals surface area contributed by atoms with Gasteiger partial charge in [-0.05, 0) is 0 Å². The summed E-state index contributed by atoms with van der Waals surface area (Å²) >= 11 is 0. The molecule has 5 heteroatoms. The van der Waals surface area contributed by atoms with Crippen LogP contribution in [-0.4, -0.2) is 42.8 Å². The van der Waals surface area contributed by atoms with Gasteiger partial charge in [0.05, 0.1) is 13.7 Å². The van der Waals surface area contributed by atoms with Crippen molar-refractivity contribution in [2.75, 3.05) is 13.7 Å². The van der Waals surface area contributed by atoms with Crippen LogP contribution in [0, 0.1) is 0 Å². The zero-order valence-electron chi connectivity index (χ0n) is 7.36. The number of fused-ring (bicyclic) bond motifs is 1. The molecule has 1 amide bonds. The van der Waals surface area contributed by atoms with Gasteiger partial charge in [0.25, 0.3) is 0 Å². The van der Waals surface area contributed by atoms with Crippen LogP contribution in [0.4, 0.5) is 0 Å². The number of methoxy groups -OCH3 is 1. The number of ether oxygens (including phenoxy) is 2. The Balaban J connectivity index is 2.14. The maximum atomic E-state index is 11.3. The van der Waals surface area contributed by atoms with Crippen LogP contribution in [0.15, 0.2) is 0 Å². The first-order valence-corrected chi connectivity index (χ1v) is 4.24.